The maximum absolute atomic E-state index is 0. The SMILES string of the molecule is O.[PbH2].[TeH2].[V]. The van der Waals surface area contributed by atoms with Gasteiger partial charge >= 0.3 is 51.0 Å². The Bertz CT molecular complexity index is 8.00. The molecule has 3 radical (unpaired) electrons. The van der Waals surface area contributed by atoms with Gasteiger partial charge in [-0.2, -0.15) is 0 Å². The molecule has 0 aromatic carbocycles. The third-order valence-electron chi connectivity index (χ3n) is 0. The normalized spacial score (nSPS) is 0. The molecule has 0 unspecified atom stereocenters. The summed E-state index contributed by atoms with van der Waals surface area (Å²) in [6.45, 7) is 0. The first-order valence-electron chi connectivity index (χ1n) is 0. The summed E-state index contributed by atoms with van der Waals surface area (Å²) in [5.41, 5.74) is 0. The van der Waals surface area contributed by atoms with Gasteiger partial charge in [0.15, 0.2) is 0 Å². The van der Waals surface area contributed by atoms with Gasteiger partial charge in [-0.15, -0.1) is 0 Å². The standard InChI is InChI=1S/H2O.Pb.H2Te.V.2H/h1H2;;1H2;;;. The summed E-state index contributed by atoms with van der Waals surface area (Å²) >= 11 is 0. The molecule has 0 aromatic heterocycles. The van der Waals surface area contributed by atoms with Crippen molar-refractivity contribution in [1.29, 1.82) is 0 Å². The number of hydrogen-bond donors (Lipinski definition) is 0. The molecule has 27 valence electrons. The van der Waals surface area contributed by atoms with Crippen LogP contribution in [0.2, 0.25) is 0 Å². The van der Waals surface area contributed by atoms with E-state index in [0.717, 1.165) is 0 Å². The Labute approximate surface area is 74.0 Å². The fourth-order valence-electron chi connectivity index (χ4n) is 0. The van der Waals surface area contributed by atoms with Crippen molar-refractivity contribution < 1.29 is 24.0 Å². The molecule has 0 aliphatic carbocycles. The molecule has 0 aliphatic heterocycles. The molecular formula is H6OPbTeV. The molecule has 0 fully saturated rings. The summed E-state index contributed by atoms with van der Waals surface area (Å²) in [5.74, 6) is 0. The monoisotopic (exact) mass is 411 g/mol. The van der Waals surface area contributed by atoms with E-state index in [2.05, 4.69) is 0 Å². The van der Waals surface area contributed by atoms with Crippen LogP contribution in [0.5, 0.6) is 0 Å². The van der Waals surface area contributed by atoms with Crippen molar-refractivity contribution in [3.05, 3.63) is 0 Å². The second-order valence-corrected chi connectivity index (χ2v) is 0. The Balaban J connectivity index is 0. The average Bonchev–Trinajstić information content (AvgIpc) is 0. The van der Waals surface area contributed by atoms with Gasteiger partial charge in [0.2, 0.25) is 0 Å². The molecule has 1 nitrogen and oxygen atoms in total. The van der Waals surface area contributed by atoms with Crippen LogP contribution < -0.4 is 0 Å². The van der Waals surface area contributed by atoms with Crippen molar-refractivity contribution in [2.75, 3.05) is 0 Å². The second-order valence-electron chi connectivity index (χ2n) is 0. The van der Waals surface area contributed by atoms with Crippen LogP contribution in [0, 0.1) is 0 Å². The summed E-state index contributed by atoms with van der Waals surface area (Å²) in [6, 6.07) is 0. The van der Waals surface area contributed by atoms with E-state index in [9.17, 15) is 0 Å². The molecule has 0 heterocycles. The van der Waals surface area contributed by atoms with Crippen molar-refractivity contribution in [2.45, 2.75) is 0 Å². The second kappa shape index (κ2) is 18.7. The van der Waals surface area contributed by atoms with Gasteiger partial charge in [-0.25, -0.2) is 0 Å². The molecule has 2 N–H and O–H groups in total. The third-order valence-corrected chi connectivity index (χ3v) is 0. The van der Waals surface area contributed by atoms with Crippen molar-refractivity contribution >= 4 is 51.0 Å². The molecule has 0 amide bonds. The van der Waals surface area contributed by atoms with Crippen LogP contribution in [-0.2, 0) is 18.6 Å². The molecule has 0 rings (SSSR count). The Morgan fingerprint density at radius 2 is 1.00 bits per heavy atom. The molecule has 4 heavy (non-hydrogen) atoms. The van der Waals surface area contributed by atoms with Crippen molar-refractivity contribution in [2.24, 2.45) is 0 Å². The zero-order chi connectivity index (χ0) is 0. The minimum absolute atomic E-state index is 0. The van der Waals surface area contributed by atoms with Crippen LogP contribution in [0.4, 0.5) is 0 Å². The molecule has 0 saturated heterocycles. The fourth-order valence-corrected chi connectivity index (χ4v) is 0. The fraction of sp³-hybridized carbons (Fsp3) is 0. The van der Waals surface area contributed by atoms with Gasteiger partial charge in [0, 0.05) is 18.6 Å². The molecule has 0 spiro atoms. The smallest absolute Gasteiger partial charge is 0 e. The molecule has 0 saturated carbocycles. The summed E-state index contributed by atoms with van der Waals surface area (Å²) in [6.07, 6.45) is 0. The molecule has 0 bridgehead atoms. The van der Waals surface area contributed by atoms with Crippen molar-refractivity contribution in [1.82, 2.24) is 0 Å². The van der Waals surface area contributed by atoms with E-state index in [0.29, 0.717) is 0 Å². The molecule has 0 aliphatic rings. The molecule has 0 aromatic rings. The van der Waals surface area contributed by atoms with E-state index in [-0.39, 0.29) is 75.0 Å². The van der Waals surface area contributed by atoms with Gasteiger partial charge in [-0.3, -0.25) is 0 Å². The van der Waals surface area contributed by atoms with Gasteiger partial charge in [0.25, 0.3) is 0 Å². The van der Waals surface area contributed by atoms with Gasteiger partial charge in [-0.1, -0.05) is 0 Å². The van der Waals surface area contributed by atoms with Gasteiger partial charge in [0.05, 0.1) is 0 Å². The average molecular weight is 408 g/mol. The van der Waals surface area contributed by atoms with E-state index in [1.165, 1.54) is 0 Å². The molecular weight excluding hydrogens is 402 g/mol. The van der Waals surface area contributed by atoms with E-state index >= 15 is 0 Å². The Hall–Kier alpha value is 2.26. The summed E-state index contributed by atoms with van der Waals surface area (Å²) in [7, 11) is 0. The maximum atomic E-state index is 0. The van der Waals surface area contributed by atoms with E-state index in [4.69, 9.17) is 0 Å². The number of hydrogen-bond acceptors (Lipinski definition) is 0. The Morgan fingerprint density at radius 1 is 1.00 bits per heavy atom. The minimum Gasteiger partial charge on any atom is 0 e. The topological polar surface area (TPSA) is 31.5 Å². The van der Waals surface area contributed by atoms with Gasteiger partial charge in [-0.05, 0) is 0 Å². The number of rotatable bonds is 0. The summed E-state index contributed by atoms with van der Waals surface area (Å²) in [5, 5.41) is 0. The third kappa shape index (κ3) is 8.87. The zero-order valence-corrected chi connectivity index (χ0v) is 11.9. The first-order valence-corrected chi connectivity index (χ1v) is 0. The molecule has 0 atom stereocenters. The van der Waals surface area contributed by atoms with Gasteiger partial charge < -0.3 is 5.48 Å². The van der Waals surface area contributed by atoms with Crippen LogP contribution in [0.1, 0.15) is 0 Å². The van der Waals surface area contributed by atoms with Gasteiger partial charge in [0.1, 0.15) is 0 Å². The van der Waals surface area contributed by atoms with Crippen LogP contribution >= 0.6 is 0 Å². The van der Waals surface area contributed by atoms with Crippen molar-refractivity contribution in [3.8, 4) is 0 Å². The first kappa shape index (κ1) is 34.0. The van der Waals surface area contributed by atoms with E-state index in [1.54, 1.807) is 0 Å². The zero-order valence-electron chi connectivity index (χ0n) is 2.15. The quantitative estimate of drug-likeness (QED) is 0.393. The summed E-state index contributed by atoms with van der Waals surface area (Å²) < 4.78 is 0. The largest absolute Gasteiger partial charge is 0 e. The molecule has 4 heteroatoms. The maximum Gasteiger partial charge on any atom is 0 e. The first-order chi connectivity index (χ1) is 0. The van der Waals surface area contributed by atoms with Crippen LogP contribution in [0.25, 0.3) is 0 Å². The summed E-state index contributed by atoms with van der Waals surface area (Å²) in [4.78, 5) is 0. The van der Waals surface area contributed by atoms with E-state index < -0.39 is 0 Å². The minimum atomic E-state index is 0. The van der Waals surface area contributed by atoms with Crippen LogP contribution in [0.15, 0.2) is 0 Å². The van der Waals surface area contributed by atoms with Crippen LogP contribution in [0.3, 0.4) is 0 Å². The van der Waals surface area contributed by atoms with Crippen LogP contribution in [-0.4, -0.2) is 56.4 Å². The van der Waals surface area contributed by atoms with Crippen molar-refractivity contribution in [3.63, 3.8) is 0 Å². The Kier molecular flexibility index (Phi) is 159. The predicted octanol–water partition coefficient (Wildman–Crippen LogP) is -2.66. The Morgan fingerprint density at radius 3 is 1.00 bits per heavy atom. The van der Waals surface area contributed by atoms with E-state index in [1.807, 2.05) is 0 Å². The predicted molar refractivity (Wildman–Crippen MR) is 20.7 cm³/mol.